The number of oxazole rings is 1. The molecule has 0 aliphatic heterocycles. The molecule has 0 spiro atoms. The number of carboxylic acids is 1. The molecule has 0 radical (unpaired) electrons. The van der Waals surface area contributed by atoms with Crippen LogP contribution in [-0.4, -0.2) is 22.2 Å². The Kier molecular flexibility index (Phi) is 3.02. The molecule has 0 aliphatic rings. The molecule has 5 heteroatoms. The maximum atomic E-state index is 10.4. The summed E-state index contributed by atoms with van der Waals surface area (Å²) in [6, 6.07) is 0. The van der Waals surface area contributed by atoms with Crippen molar-refractivity contribution < 1.29 is 19.1 Å². The zero-order chi connectivity index (χ0) is 9.84. The van der Waals surface area contributed by atoms with E-state index in [4.69, 9.17) is 14.3 Å². The molecule has 0 amide bonds. The average molecular weight is 185 g/mol. The van der Waals surface area contributed by atoms with Crippen LogP contribution in [0, 0.1) is 6.92 Å². The summed E-state index contributed by atoms with van der Waals surface area (Å²) < 4.78 is 9.93. The SMILES string of the molecule is Cc1ocnc1CO[C@H](C)C(=O)O. The van der Waals surface area contributed by atoms with Gasteiger partial charge in [-0.05, 0) is 13.8 Å². The van der Waals surface area contributed by atoms with Crippen molar-refractivity contribution >= 4 is 5.97 Å². The first-order valence-corrected chi connectivity index (χ1v) is 3.84. The molecule has 0 saturated heterocycles. The van der Waals surface area contributed by atoms with Crippen molar-refractivity contribution in [2.75, 3.05) is 0 Å². The maximum Gasteiger partial charge on any atom is 0.332 e. The molecule has 0 saturated carbocycles. The summed E-state index contributed by atoms with van der Waals surface area (Å²) in [7, 11) is 0. The normalized spacial score (nSPS) is 12.8. The van der Waals surface area contributed by atoms with E-state index in [1.54, 1.807) is 6.92 Å². The van der Waals surface area contributed by atoms with Gasteiger partial charge in [0.05, 0.1) is 6.61 Å². The van der Waals surface area contributed by atoms with E-state index in [-0.39, 0.29) is 6.61 Å². The van der Waals surface area contributed by atoms with Gasteiger partial charge >= 0.3 is 5.97 Å². The number of hydrogen-bond donors (Lipinski definition) is 1. The lowest BCUT2D eigenvalue weighted by atomic mass is 10.3. The van der Waals surface area contributed by atoms with Crippen LogP contribution < -0.4 is 0 Å². The van der Waals surface area contributed by atoms with E-state index in [1.807, 2.05) is 0 Å². The van der Waals surface area contributed by atoms with E-state index >= 15 is 0 Å². The summed E-state index contributed by atoms with van der Waals surface area (Å²) >= 11 is 0. The lowest BCUT2D eigenvalue weighted by Gasteiger charge is -2.06. The van der Waals surface area contributed by atoms with E-state index < -0.39 is 12.1 Å². The van der Waals surface area contributed by atoms with Gasteiger partial charge in [-0.3, -0.25) is 0 Å². The van der Waals surface area contributed by atoms with Gasteiger partial charge in [-0.15, -0.1) is 0 Å². The van der Waals surface area contributed by atoms with Gasteiger partial charge in [-0.1, -0.05) is 0 Å². The molecule has 0 fully saturated rings. The summed E-state index contributed by atoms with van der Waals surface area (Å²) in [4.78, 5) is 14.2. The minimum absolute atomic E-state index is 0.163. The maximum absolute atomic E-state index is 10.4. The molecule has 0 aliphatic carbocycles. The van der Waals surface area contributed by atoms with Crippen LogP contribution in [0.15, 0.2) is 10.8 Å². The summed E-state index contributed by atoms with van der Waals surface area (Å²) in [5, 5.41) is 8.51. The molecule has 1 atom stereocenters. The molecular weight excluding hydrogens is 174 g/mol. The van der Waals surface area contributed by atoms with E-state index in [9.17, 15) is 4.79 Å². The Labute approximate surface area is 75.3 Å². The van der Waals surface area contributed by atoms with Gasteiger partial charge in [-0.25, -0.2) is 9.78 Å². The number of nitrogens with zero attached hydrogens (tertiary/aromatic N) is 1. The number of aliphatic carboxylic acids is 1. The summed E-state index contributed by atoms with van der Waals surface area (Å²) in [6.45, 7) is 3.38. The van der Waals surface area contributed by atoms with Gasteiger partial charge in [0.1, 0.15) is 11.5 Å². The summed E-state index contributed by atoms with van der Waals surface area (Å²) in [5.41, 5.74) is 0.633. The fraction of sp³-hybridized carbons (Fsp3) is 0.500. The predicted molar refractivity (Wildman–Crippen MR) is 43.1 cm³/mol. The number of hydrogen-bond acceptors (Lipinski definition) is 4. The highest BCUT2D eigenvalue weighted by Crippen LogP contribution is 2.07. The fourth-order valence-corrected chi connectivity index (χ4v) is 0.742. The smallest absolute Gasteiger partial charge is 0.332 e. The van der Waals surface area contributed by atoms with Crippen molar-refractivity contribution in [2.45, 2.75) is 26.6 Å². The molecular formula is C8H11NO4. The lowest BCUT2D eigenvalue weighted by molar-refractivity contribution is -0.149. The van der Waals surface area contributed by atoms with Crippen LogP contribution in [0.3, 0.4) is 0 Å². The Balaban J connectivity index is 2.44. The van der Waals surface area contributed by atoms with Crippen molar-refractivity contribution in [1.29, 1.82) is 0 Å². The van der Waals surface area contributed by atoms with Gasteiger partial charge in [0.15, 0.2) is 12.5 Å². The Hall–Kier alpha value is -1.36. The van der Waals surface area contributed by atoms with Crippen LogP contribution >= 0.6 is 0 Å². The van der Waals surface area contributed by atoms with Crippen molar-refractivity contribution in [3.8, 4) is 0 Å². The second kappa shape index (κ2) is 4.04. The number of carboxylic acid groups (broad SMARTS) is 1. The Bertz CT molecular complexity index is 294. The zero-order valence-electron chi connectivity index (χ0n) is 7.48. The highest BCUT2D eigenvalue weighted by Gasteiger charge is 2.12. The van der Waals surface area contributed by atoms with E-state index in [0.29, 0.717) is 11.5 Å². The topological polar surface area (TPSA) is 72.6 Å². The van der Waals surface area contributed by atoms with Crippen LogP contribution in [0.25, 0.3) is 0 Å². The summed E-state index contributed by atoms with van der Waals surface area (Å²) in [5.74, 6) is -0.335. The van der Waals surface area contributed by atoms with Gasteiger partial charge in [-0.2, -0.15) is 0 Å². The van der Waals surface area contributed by atoms with Crippen molar-refractivity contribution in [3.63, 3.8) is 0 Å². The molecule has 0 aromatic carbocycles. The van der Waals surface area contributed by atoms with Gasteiger partial charge in [0, 0.05) is 0 Å². The van der Waals surface area contributed by atoms with Crippen LogP contribution in [0.4, 0.5) is 0 Å². The van der Waals surface area contributed by atoms with Gasteiger partial charge in [0.25, 0.3) is 0 Å². The number of aromatic nitrogens is 1. The first-order valence-electron chi connectivity index (χ1n) is 3.84. The number of aryl methyl sites for hydroxylation is 1. The monoisotopic (exact) mass is 185 g/mol. The minimum atomic E-state index is -0.985. The number of carbonyl (C=O) groups is 1. The molecule has 1 rings (SSSR count). The third-order valence-electron chi connectivity index (χ3n) is 1.66. The first-order chi connectivity index (χ1) is 6.11. The molecule has 1 heterocycles. The van der Waals surface area contributed by atoms with Crippen LogP contribution in [0.5, 0.6) is 0 Å². The van der Waals surface area contributed by atoms with Crippen molar-refractivity contribution in [3.05, 3.63) is 17.8 Å². The van der Waals surface area contributed by atoms with E-state index in [2.05, 4.69) is 4.98 Å². The first kappa shape index (κ1) is 9.73. The highest BCUT2D eigenvalue weighted by molar-refractivity contribution is 5.71. The standard InChI is InChI=1S/C8H11NO4/c1-5-7(9-4-13-5)3-12-6(2)8(10)11/h4,6H,3H2,1-2H3,(H,10,11)/t6-/m1/s1. The molecule has 0 bridgehead atoms. The number of ether oxygens (including phenoxy) is 1. The Morgan fingerprint density at radius 1 is 1.85 bits per heavy atom. The molecule has 5 nitrogen and oxygen atoms in total. The average Bonchev–Trinajstić information content (AvgIpc) is 2.47. The largest absolute Gasteiger partial charge is 0.479 e. The third kappa shape index (κ3) is 2.55. The lowest BCUT2D eigenvalue weighted by Crippen LogP contribution is -2.19. The Morgan fingerprint density at radius 3 is 3.00 bits per heavy atom. The van der Waals surface area contributed by atoms with Gasteiger partial charge < -0.3 is 14.3 Å². The second-order valence-corrected chi connectivity index (χ2v) is 2.65. The number of rotatable bonds is 4. The zero-order valence-corrected chi connectivity index (χ0v) is 7.48. The van der Waals surface area contributed by atoms with E-state index in [1.165, 1.54) is 13.3 Å². The van der Waals surface area contributed by atoms with E-state index in [0.717, 1.165) is 0 Å². The predicted octanol–water partition coefficient (Wildman–Crippen LogP) is 0.973. The molecule has 1 aromatic heterocycles. The van der Waals surface area contributed by atoms with Crippen LogP contribution in [-0.2, 0) is 16.1 Å². The Morgan fingerprint density at radius 2 is 2.54 bits per heavy atom. The molecule has 1 aromatic rings. The van der Waals surface area contributed by atoms with Crippen molar-refractivity contribution in [1.82, 2.24) is 4.98 Å². The van der Waals surface area contributed by atoms with Crippen LogP contribution in [0.1, 0.15) is 18.4 Å². The second-order valence-electron chi connectivity index (χ2n) is 2.65. The molecule has 72 valence electrons. The summed E-state index contributed by atoms with van der Waals surface area (Å²) in [6.07, 6.45) is 0.482. The molecule has 13 heavy (non-hydrogen) atoms. The highest BCUT2D eigenvalue weighted by atomic mass is 16.5. The van der Waals surface area contributed by atoms with Crippen molar-refractivity contribution in [2.24, 2.45) is 0 Å². The minimum Gasteiger partial charge on any atom is -0.479 e. The molecule has 1 N–H and O–H groups in total. The van der Waals surface area contributed by atoms with Gasteiger partial charge in [0.2, 0.25) is 0 Å². The quantitative estimate of drug-likeness (QED) is 0.756. The fourth-order valence-electron chi connectivity index (χ4n) is 0.742. The molecule has 0 unspecified atom stereocenters. The van der Waals surface area contributed by atoms with Crippen LogP contribution in [0.2, 0.25) is 0 Å². The third-order valence-corrected chi connectivity index (χ3v) is 1.66.